The Morgan fingerprint density at radius 1 is 0.821 bits per heavy atom. The molecule has 0 aromatic heterocycles. The Morgan fingerprint density at radius 2 is 1.29 bits per heavy atom. The normalized spacial score (nSPS) is 11.8. The Morgan fingerprint density at radius 3 is 1.75 bits per heavy atom. The fraction of sp³-hybridized carbons (Fsp3) is 0.727. The van der Waals surface area contributed by atoms with Crippen molar-refractivity contribution in [2.75, 3.05) is 12.3 Å². The Balaban J connectivity index is 1.97. The van der Waals surface area contributed by atoms with Gasteiger partial charge in [-0.3, -0.25) is 0 Å². The lowest BCUT2D eigenvalue weighted by atomic mass is 10.0. The lowest BCUT2D eigenvalue weighted by Crippen LogP contribution is -2.24. The highest BCUT2D eigenvalue weighted by Crippen LogP contribution is 2.22. The quantitative estimate of drug-likeness (QED) is 0.214. The molecule has 0 aliphatic carbocycles. The number of benzene rings is 1. The van der Waals surface area contributed by atoms with Crippen molar-refractivity contribution in [2.24, 2.45) is 0 Å². The molecule has 0 saturated carbocycles. The molecular weight excluding hydrogens is 392 g/mol. The van der Waals surface area contributed by atoms with Crippen LogP contribution in [0, 0.1) is 0 Å². The number of nitrogens with two attached hydrogens (primary N) is 1. The van der Waals surface area contributed by atoms with Gasteiger partial charge in [0.25, 0.3) is 0 Å². The van der Waals surface area contributed by atoms with E-state index in [4.69, 9.17) is 17.3 Å². The van der Waals surface area contributed by atoms with Gasteiger partial charge in [-0.2, -0.15) is 0 Å². The highest BCUT2D eigenvalue weighted by Gasteiger charge is 2.14. The summed E-state index contributed by atoms with van der Waals surface area (Å²) in [7, 11) is -3.51. The second-order valence-electron chi connectivity index (χ2n) is 7.68. The fourth-order valence-electron chi connectivity index (χ4n) is 3.30. The Hall–Kier alpha value is -0.780. The summed E-state index contributed by atoms with van der Waals surface area (Å²) in [6, 6.07) is 4.39. The number of hydrogen-bond donors (Lipinski definition) is 2. The second kappa shape index (κ2) is 15.1. The first kappa shape index (κ1) is 25.3. The lowest BCUT2D eigenvalue weighted by Gasteiger charge is -2.08. The van der Waals surface area contributed by atoms with Crippen LogP contribution in [0.15, 0.2) is 23.1 Å². The van der Waals surface area contributed by atoms with Crippen LogP contribution in [0.4, 0.5) is 5.69 Å². The summed E-state index contributed by atoms with van der Waals surface area (Å²) in [6.07, 6.45) is 18.0. The molecule has 0 spiro atoms. The van der Waals surface area contributed by atoms with Gasteiger partial charge < -0.3 is 5.73 Å². The van der Waals surface area contributed by atoms with Gasteiger partial charge >= 0.3 is 0 Å². The maximum absolute atomic E-state index is 12.2. The van der Waals surface area contributed by atoms with Gasteiger partial charge in [-0.1, -0.05) is 102 Å². The van der Waals surface area contributed by atoms with Crippen LogP contribution in [0.3, 0.4) is 0 Å². The number of rotatable bonds is 17. The summed E-state index contributed by atoms with van der Waals surface area (Å²) >= 11 is 5.84. The number of nitrogens with one attached hydrogen (secondary N) is 1. The Kier molecular flexibility index (Phi) is 13.6. The summed E-state index contributed by atoms with van der Waals surface area (Å²) in [5.74, 6) is 0. The van der Waals surface area contributed by atoms with Crippen LogP contribution in [-0.2, 0) is 10.0 Å². The number of hydrogen-bond acceptors (Lipinski definition) is 3. The lowest BCUT2D eigenvalue weighted by molar-refractivity contribution is 0.533. The molecule has 0 atom stereocenters. The van der Waals surface area contributed by atoms with Gasteiger partial charge in [-0.05, 0) is 24.6 Å². The van der Waals surface area contributed by atoms with Crippen molar-refractivity contribution in [3.05, 3.63) is 23.2 Å². The minimum atomic E-state index is -3.51. The van der Waals surface area contributed by atoms with Crippen LogP contribution in [0.25, 0.3) is 0 Å². The maximum atomic E-state index is 12.2. The topological polar surface area (TPSA) is 72.2 Å². The molecule has 28 heavy (non-hydrogen) atoms. The predicted octanol–water partition coefficient (Wildman–Crippen LogP) is 6.68. The molecule has 162 valence electrons. The average Bonchev–Trinajstić information content (AvgIpc) is 2.67. The first-order chi connectivity index (χ1) is 13.5. The molecule has 0 amide bonds. The van der Waals surface area contributed by atoms with Crippen LogP contribution in [0.2, 0.25) is 5.02 Å². The van der Waals surface area contributed by atoms with E-state index in [1.165, 1.54) is 95.2 Å². The first-order valence-electron chi connectivity index (χ1n) is 11.0. The number of nitrogen functional groups attached to an aromatic ring is 1. The fourth-order valence-corrected chi connectivity index (χ4v) is 4.52. The second-order valence-corrected chi connectivity index (χ2v) is 9.85. The Bertz CT molecular complexity index is 635. The number of unbranched alkanes of at least 4 members (excludes halogenated alkanes) is 13. The van der Waals surface area contributed by atoms with Crippen molar-refractivity contribution in [3.63, 3.8) is 0 Å². The summed E-state index contributed by atoms with van der Waals surface area (Å²) in [5.41, 5.74) is 5.96. The molecule has 1 aromatic rings. The molecule has 1 aromatic carbocycles. The third-order valence-corrected chi connectivity index (χ3v) is 6.90. The maximum Gasteiger partial charge on any atom is 0.240 e. The van der Waals surface area contributed by atoms with Gasteiger partial charge in [0, 0.05) is 6.54 Å². The van der Waals surface area contributed by atoms with Crippen LogP contribution < -0.4 is 10.5 Å². The van der Waals surface area contributed by atoms with Gasteiger partial charge in [0.2, 0.25) is 10.0 Å². The van der Waals surface area contributed by atoms with E-state index in [2.05, 4.69) is 11.6 Å². The van der Waals surface area contributed by atoms with Gasteiger partial charge in [0.1, 0.15) is 0 Å². The minimum Gasteiger partial charge on any atom is -0.397 e. The van der Waals surface area contributed by atoms with E-state index >= 15 is 0 Å². The first-order valence-corrected chi connectivity index (χ1v) is 12.9. The highest BCUT2D eigenvalue weighted by molar-refractivity contribution is 7.89. The smallest absolute Gasteiger partial charge is 0.240 e. The number of anilines is 1. The zero-order valence-corrected chi connectivity index (χ0v) is 19.1. The molecule has 4 nitrogen and oxygen atoms in total. The van der Waals surface area contributed by atoms with E-state index in [1.807, 2.05) is 0 Å². The third-order valence-electron chi connectivity index (χ3n) is 5.10. The molecule has 3 N–H and O–H groups in total. The van der Waals surface area contributed by atoms with Crippen molar-refractivity contribution in [3.8, 4) is 0 Å². The third kappa shape index (κ3) is 11.3. The molecule has 6 heteroatoms. The van der Waals surface area contributed by atoms with Crippen molar-refractivity contribution >= 4 is 27.3 Å². The van der Waals surface area contributed by atoms with E-state index in [9.17, 15) is 8.42 Å². The van der Waals surface area contributed by atoms with E-state index in [-0.39, 0.29) is 10.6 Å². The van der Waals surface area contributed by atoms with E-state index < -0.39 is 10.0 Å². The summed E-state index contributed by atoms with van der Waals surface area (Å²) in [4.78, 5) is 0.166. The summed E-state index contributed by atoms with van der Waals surface area (Å²) in [6.45, 7) is 2.72. The van der Waals surface area contributed by atoms with E-state index in [0.29, 0.717) is 11.6 Å². The SMILES string of the molecule is CCCCCCCCCCCCCCCCNS(=O)(=O)c1ccc(Cl)c(N)c1. The van der Waals surface area contributed by atoms with Crippen LogP contribution in [0.5, 0.6) is 0 Å². The molecule has 0 aliphatic rings. The minimum absolute atomic E-state index is 0.166. The average molecular weight is 431 g/mol. The largest absolute Gasteiger partial charge is 0.397 e. The summed E-state index contributed by atoms with van der Waals surface area (Å²) in [5, 5.41) is 0.367. The zero-order chi connectivity index (χ0) is 20.7. The molecule has 0 fully saturated rings. The van der Waals surface area contributed by atoms with Gasteiger partial charge in [-0.25, -0.2) is 13.1 Å². The van der Waals surface area contributed by atoms with E-state index in [0.717, 1.165) is 12.8 Å². The monoisotopic (exact) mass is 430 g/mol. The Labute approximate surface area is 177 Å². The van der Waals surface area contributed by atoms with E-state index in [1.54, 1.807) is 0 Å². The van der Waals surface area contributed by atoms with Crippen LogP contribution in [-0.4, -0.2) is 15.0 Å². The standard InChI is InChI=1S/C22H39ClN2O2S/c1-2-3-4-5-6-7-8-9-10-11-12-13-14-15-18-25-28(26,27)20-16-17-21(23)22(24)19-20/h16-17,19,25H,2-15,18,24H2,1H3. The molecule has 0 bridgehead atoms. The number of sulfonamides is 1. The van der Waals surface area contributed by atoms with Crippen molar-refractivity contribution in [1.82, 2.24) is 4.72 Å². The highest BCUT2D eigenvalue weighted by atomic mass is 35.5. The molecular formula is C22H39ClN2O2S. The molecule has 0 radical (unpaired) electrons. The van der Waals surface area contributed by atoms with Crippen molar-refractivity contribution < 1.29 is 8.42 Å². The zero-order valence-electron chi connectivity index (χ0n) is 17.5. The van der Waals surface area contributed by atoms with Crippen LogP contribution in [0.1, 0.15) is 96.8 Å². The van der Waals surface area contributed by atoms with Crippen molar-refractivity contribution in [1.29, 1.82) is 0 Å². The molecule has 0 unspecified atom stereocenters. The van der Waals surface area contributed by atoms with Gasteiger partial charge in [-0.15, -0.1) is 0 Å². The number of halogens is 1. The predicted molar refractivity (Wildman–Crippen MR) is 121 cm³/mol. The molecule has 0 aliphatic heterocycles. The van der Waals surface area contributed by atoms with Gasteiger partial charge in [0.15, 0.2) is 0 Å². The van der Waals surface area contributed by atoms with Crippen molar-refractivity contribution in [2.45, 2.75) is 102 Å². The van der Waals surface area contributed by atoms with Gasteiger partial charge in [0.05, 0.1) is 15.6 Å². The molecule has 1 rings (SSSR count). The molecule has 0 saturated heterocycles. The summed E-state index contributed by atoms with van der Waals surface area (Å²) < 4.78 is 27.1. The van der Waals surface area contributed by atoms with Crippen LogP contribution >= 0.6 is 11.6 Å². The molecule has 0 heterocycles.